The topological polar surface area (TPSA) is 47.3 Å². The van der Waals surface area contributed by atoms with E-state index >= 15 is 0 Å². The molecule has 15 heavy (non-hydrogen) atoms. The van der Waals surface area contributed by atoms with Crippen molar-refractivity contribution in [3.8, 4) is 0 Å². The Balaban J connectivity index is 1.92. The van der Waals surface area contributed by atoms with Gasteiger partial charge in [-0.2, -0.15) is 0 Å². The first-order valence-corrected chi connectivity index (χ1v) is 6.26. The largest absolute Gasteiger partial charge is 0.378 e. The number of nitrogens with two attached hydrogens (primary N) is 1. The van der Waals surface area contributed by atoms with Gasteiger partial charge in [-0.1, -0.05) is 6.92 Å². The van der Waals surface area contributed by atoms with Gasteiger partial charge >= 0.3 is 0 Å². The van der Waals surface area contributed by atoms with Crippen LogP contribution in [-0.2, 0) is 4.74 Å². The summed E-state index contributed by atoms with van der Waals surface area (Å²) in [6.07, 6.45) is 4.13. The van der Waals surface area contributed by atoms with Gasteiger partial charge in [0.25, 0.3) is 0 Å². The van der Waals surface area contributed by atoms with Crippen molar-refractivity contribution in [3.05, 3.63) is 0 Å². The van der Waals surface area contributed by atoms with Gasteiger partial charge in [0.05, 0.1) is 6.10 Å². The van der Waals surface area contributed by atoms with Gasteiger partial charge in [0.1, 0.15) is 0 Å². The summed E-state index contributed by atoms with van der Waals surface area (Å²) in [7, 11) is 0. The molecule has 0 aromatic carbocycles. The Morgan fingerprint density at radius 2 is 2.33 bits per heavy atom. The molecule has 1 saturated heterocycles. The molecule has 0 bridgehead atoms. The van der Waals surface area contributed by atoms with Crippen LogP contribution in [0.4, 0.5) is 0 Å². The molecule has 1 rings (SSSR count). The van der Waals surface area contributed by atoms with Crippen LogP contribution in [0.1, 0.15) is 33.1 Å². The average Bonchev–Trinajstić information content (AvgIpc) is 2.63. The van der Waals surface area contributed by atoms with Gasteiger partial charge in [-0.3, -0.25) is 0 Å². The molecule has 0 spiro atoms. The lowest BCUT2D eigenvalue weighted by molar-refractivity contribution is 0.105. The number of rotatable bonds is 7. The Morgan fingerprint density at radius 1 is 1.53 bits per heavy atom. The van der Waals surface area contributed by atoms with Crippen LogP contribution in [0.5, 0.6) is 0 Å². The molecular weight excluding hydrogens is 188 g/mol. The van der Waals surface area contributed by atoms with Crippen LogP contribution in [0.25, 0.3) is 0 Å². The summed E-state index contributed by atoms with van der Waals surface area (Å²) in [5.41, 5.74) is 5.57. The van der Waals surface area contributed by atoms with Gasteiger partial charge in [-0.05, 0) is 51.1 Å². The highest BCUT2D eigenvalue weighted by molar-refractivity contribution is 4.74. The first-order chi connectivity index (χ1) is 7.24. The first-order valence-electron chi connectivity index (χ1n) is 6.26. The third-order valence-electron chi connectivity index (χ3n) is 3.39. The molecule has 0 saturated carbocycles. The molecule has 0 radical (unpaired) electrons. The third-order valence-corrected chi connectivity index (χ3v) is 3.39. The fourth-order valence-corrected chi connectivity index (χ4v) is 2.02. The maximum absolute atomic E-state index is 5.57. The van der Waals surface area contributed by atoms with Crippen LogP contribution in [-0.4, -0.2) is 32.3 Å². The molecule has 3 nitrogen and oxygen atoms in total. The Kier molecular flexibility index (Phi) is 6.22. The second kappa shape index (κ2) is 7.20. The lowest BCUT2D eigenvalue weighted by Crippen LogP contribution is -2.28. The van der Waals surface area contributed by atoms with E-state index < -0.39 is 0 Å². The van der Waals surface area contributed by atoms with Crippen LogP contribution in [0, 0.1) is 11.8 Å². The Labute approximate surface area is 93.8 Å². The molecule has 1 aliphatic heterocycles. The van der Waals surface area contributed by atoms with Crippen molar-refractivity contribution in [3.63, 3.8) is 0 Å². The predicted octanol–water partition coefficient (Wildman–Crippen LogP) is 1.38. The Bertz CT molecular complexity index is 164. The molecule has 1 fully saturated rings. The molecule has 0 amide bonds. The SMILES string of the molecule is CC(CN)CCCNCC1CCOC1C. The van der Waals surface area contributed by atoms with Crippen LogP contribution in [0.3, 0.4) is 0 Å². The predicted molar refractivity (Wildman–Crippen MR) is 63.8 cm³/mol. The summed E-state index contributed by atoms with van der Waals surface area (Å²) < 4.78 is 5.52. The van der Waals surface area contributed by atoms with Gasteiger partial charge in [-0.25, -0.2) is 0 Å². The molecule has 3 heteroatoms. The van der Waals surface area contributed by atoms with Crippen LogP contribution < -0.4 is 11.1 Å². The number of hydrogen-bond acceptors (Lipinski definition) is 3. The second-order valence-corrected chi connectivity index (χ2v) is 4.81. The fraction of sp³-hybridized carbons (Fsp3) is 1.00. The minimum atomic E-state index is 0.445. The highest BCUT2D eigenvalue weighted by atomic mass is 16.5. The van der Waals surface area contributed by atoms with Gasteiger partial charge in [0.15, 0.2) is 0 Å². The van der Waals surface area contributed by atoms with Crippen LogP contribution >= 0.6 is 0 Å². The molecule has 3 atom stereocenters. The molecular formula is C12H26N2O. The van der Waals surface area contributed by atoms with Crippen LogP contribution in [0.15, 0.2) is 0 Å². The van der Waals surface area contributed by atoms with Gasteiger partial charge < -0.3 is 15.8 Å². The van der Waals surface area contributed by atoms with Crippen molar-refractivity contribution < 1.29 is 4.74 Å². The zero-order valence-electron chi connectivity index (χ0n) is 10.2. The van der Waals surface area contributed by atoms with E-state index in [0.717, 1.165) is 32.2 Å². The van der Waals surface area contributed by atoms with Gasteiger partial charge in [-0.15, -0.1) is 0 Å². The van der Waals surface area contributed by atoms with E-state index in [9.17, 15) is 0 Å². The Morgan fingerprint density at radius 3 is 2.93 bits per heavy atom. The quantitative estimate of drug-likeness (QED) is 0.629. The second-order valence-electron chi connectivity index (χ2n) is 4.81. The smallest absolute Gasteiger partial charge is 0.0588 e. The molecule has 0 aromatic rings. The van der Waals surface area contributed by atoms with E-state index in [1.54, 1.807) is 0 Å². The summed E-state index contributed by atoms with van der Waals surface area (Å²) in [4.78, 5) is 0. The van der Waals surface area contributed by atoms with Crippen LogP contribution in [0.2, 0.25) is 0 Å². The number of nitrogens with one attached hydrogen (secondary N) is 1. The van der Waals surface area contributed by atoms with E-state index in [4.69, 9.17) is 10.5 Å². The number of hydrogen-bond donors (Lipinski definition) is 2. The van der Waals surface area contributed by atoms with E-state index in [-0.39, 0.29) is 0 Å². The summed E-state index contributed by atoms with van der Waals surface area (Å²) in [6, 6.07) is 0. The molecule has 3 N–H and O–H groups in total. The highest BCUT2D eigenvalue weighted by Gasteiger charge is 2.23. The lowest BCUT2D eigenvalue weighted by Gasteiger charge is -2.15. The summed E-state index contributed by atoms with van der Waals surface area (Å²) in [5.74, 6) is 1.39. The summed E-state index contributed by atoms with van der Waals surface area (Å²) >= 11 is 0. The van der Waals surface area contributed by atoms with E-state index in [2.05, 4.69) is 19.2 Å². The molecule has 3 unspecified atom stereocenters. The van der Waals surface area contributed by atoms with Crippen molar-refractivity contribution in [1.29, 1.82) is 0 Å². The molecule has 0 aromatic heterocycles. The van der Waals surface area contributed by atoms with Crippen molar-refractivity contribution in [2.75, 3.05) is 26.2 Å². The van der Waals surface area contributed by atoms with Gasteiger partial charge in [0, 0.05) is 13.2 Å². The Hall–Kier alpha value is -0.120. The molecule has 0 aliphatic carbocycles. The molecule has 1 heterocycles. The maximum Gasteiger partial charge on any atom is 0.0588 e. The third kappa shape index (κ3) is 4.96. The summed E-state index contributed by atoms with van der Waals surface area (Å²) in [5, 5.41) is 3.52. The monoisotopic (exact) mass is 214 g/mol. The average molecular weight is 214 g/mol. The van der Waals surface area contributed by atoms with Gasteiger partial charge in [0.2, 0.25) is 0 Å². The normalized spacial score (nSPS) is 28.2. The van der Waals surface area contributed by atoms with E-state index in [1.165, 1.54) is 19.3 Å². The molecule has 90 valence electrons. The zero-order valence-corrected chi connectivity index (χ0v) is 10.2. The minimum absolute atomic E-state index is 0.445. The zero-order chi connectivity index (χ0) is 11.1. The van der Waals surface area contributed by atoms with E-state index in [0.29, 0.717) is 12.0 Å². The molecule has 1 aliphatic rings. The van der Waals surface area contributed by atoms with E-state index in [1.807, 2.05) is 0 Å². The highest BCUT2D eigenvalue weighted by Crippen LogP contribution is 2.19. The lowest BCUT2D eigenvalue weighted by atomic mass is 10.0. The standard InChI is InChI=1S/C12H26N2O/c1-10(8-13)4-3-6-14-9-12-5-7-15-11(12)2/h10-12,14H,3-9,13H2,1-2H3. The van der Waals surface area contributed by atoms with Crippen molar-refractivity contribution in [1.82, 2.24) is 5.32 Å². The van der Waals surface area contributed by atoms with Crippen molar-refractivity contribution in [2.45, 2.75) is 39.2 Å². The van der Waals surface area contributed by atoms with Crippen molar-refractivity contribution >= 4 is 0 Å². The number of ether oxygens (including phenoxy) is 1. The summed E-state index contributed by atoms with van der Waals surface area (Å²) in [6.45, 7) is 8.37. The van der Waals surface area contributed by atoms with Crippen molar-refractivity contribution in [2.24, 2.45) is 17.6 Å². The minimum Gasteiger partial charge on any atom is -0.378 e. The fourth-order valence-electron chi connectivity index (χ4n) is 2.02. The maximum atomic E-state index is 5.57. The first kappa shape index (κ1) is 12.9.